The number of benzene rings is 1. The van der Waals surface area contributed by atoms with Gasteiger partial charge >= 0.3 is 5.97 Å². The highest BCUT2D eigenvalue weighted by atomic mass is 79.9. The Balaban J connectivity index is 2.37. The summed E-state index contributed by atoms with van der Waals surface area (Å²) in [6, 6.07) is 2.05. The van der Waals surface area contributed by atoms with Gasteiger partial charge in [0.05, 0.1) is 17.7 Å². The average molecular weight is 357 g/mol. The number of hydrogen-bond acceptors (Lipinski definition) is 3. The van der Waals surface area contributed by atoms with Gasteiger partial charge in [0.2, 0.25) is 0 Å². The first-order valence-electron chi connectivity index (χ1n) is 7.33. The van der Waals surface area contributed by atoms with E-state index in [0.29, 0.717) is 25.6 Å². The maximum atomic E-state index is 10.7. The molecular weight excluding hydrogens is 336 g/mol. The van der Waals surface area contributed by atoms with Gasteiger partial charge in [0.15, 0.2) is 11.5 Å². The van der Waals surface area contributed by atoms with Crippen LogP contribution in [-0.2, 0) is 11.2 Å². The van der Waals surface area contributed by atoms with Gasteiger partial charge in [-0.2, -0.15) is 0 Å². The third-order valence-corrected chi connectivity index (χ3v) is 4.10. The van der Waals surface area contributed by atoms with E-state index in [0.717, 1.165) is 39.9 Å². The van der Waals surface area contributed by atoms with E-state index in [2.05, 4.69) is 29.8 Å². The number of aliphatic carboxylic acids is 1. The van der Waals surface area contributed by atoms with Gasteiger partial charge in [-0.1, -0.05) is 13.8 Å². The van der Waals surface area contributed by atoms with Crippen molar-refractivity contribution < 1.29 is 19.4 Å². The minimum Gasteiger partial charge on any atom is -0.489 e. The Morgan fingerprint density at radius 1 is 1.33 bits per heavy atom. The quantitative estimate of drug-likeness (QED) is 0.861. The van der Waals surface area contributed by atoms with Gasteiger partial charge in [0.25, 0.3) is 0 Å². The summed E-state index contributed by atoms with van der Waals surface area (Å²) in [6.07, 6.45) is 2.41. The fourth-order valence-corrected chi connectivity index (χ4v) is 3.20. The van der Waals surface area contributed by atoms with Crippen LogP contribution in [0.3, 0.4) is 0 Å². The molecule has 0 fully saturated rings. The summed E-state index contributed by atoms with van der Waals surface area (Å²) in [6.45, 7) is 5.55. The third-order valence-electron chi connectivity index (χ3n) is 3.51. The molecule has 1 aliphatic heterocycles. The lowest BCUT2D eigenvalue weighted by Gasteiger charge is -2.20. The second-order valence-corrected chi connectivity index (χ2v) is 6.40. The molecular formula is C16H21BrO4. The summed E-state index contributed by atoms with van der Waals surface area (Å²) in [4.78, 5) is 10.7. The van der Waals surface area contributed by atoms with E-state index in [1.54, 1.807) is 0 Å². The van der Waals surface area contributed by atoms with E-state index in [-0.39, 0.29) is 6.42 Å². The molecule has 0 saturated carbocycles. The van der Waals surface area contributed by atoms with Crippen LogP contribution in [0.4, 0.5) is 0 Å². The molecule has 1 aromatic carbocycles. The van der Waals surface area contributed by atoms with Gasteiger partial charge in [-0.15, -0.1) is 0 Å². The minimum absolute atomic E-state index is 0.184. The van der Waals surface area contributed by atoms with E-state index in [1.807, 2.05) is 6.07 Å². The van der Waals surface area contributed by atoms with Crippen molar-refractivity contribution in [2.75, 3.05) is 13.2 Å². The smallest absolute Gasteiger partial charge is 0.303 e. The molecule has 1 N–H and O–H groups in total. The minimum atomic E-state index is -0.755. The summed E-state index contributed by atoms with van der Waals surface area (Å²) in [7, 11) is 0. The number of hydrogen-bond donors (Lipinski definition) is 1. The molecule has 1 heterocycles. The Kier molecular flexibility index (Phi) is 5.51. The number of halogens is 1. The molecule has 21 heavy (non-hydrogen) atoms. The predicted octanol–water partition coefficient (Wildman–Crippen LogP) is 4.14. The second kappa shape index (κ2) is 7.16. The molecule has 0 radical (unpaired) electrons. The number of carbonyl (C=O) groups is 1. The highest BCUT2D eigenvalue weighted by Gasteiger charge is 2.23. The lowest BCUT2D eigenvalue weighted by Crippen LogP contribution is -2.05. The number of aryl methyl sites for hydroxylation is 1. The zero-order chi connectivity index (χ0) is 15.4. The number of ether oxygens (including phenoxy) is 2. The summed E-state index contributed by atoms with van der Waals surface area (Å²) >= 11 is 3.55. The van der Waals surface area contributed by atoms with E-state index in [4.69, 9.17) is 14.6 Å². The molecule has 1 aromatic rings. The maximum absolute atomic E-state index is 10.7. The fraction of sp³-hybridized carbons (Fsp3) is 0.562. The molecule has 116 valence electrons. The normalized spacial score (nSPS) is 14.1. The average Bonchev–Trinajstić information content (AvgIpc) is 2.64. The zero-order valence-corrected chi connectivity index (χ0v) is 14.0. The first-order valence-corrected chi connectivity index (χ1v) is 8.12. The van der Waals surface area contributed by atoms with Crippen molar-refractivity contribution in [2.45, 2.75) is 45.4 Å². The first-order chi connectivity index (χ1) is 10.0. The van der Waals surface area contributed by atoms with Crippen LogP contribution in [0.5, 0.6) is 11.5 Å². The standard InChI is InChI=1S/C16H21BrO4/c1-10(2)14-11(5-3-6-13(18)19)9-12(17)15-16(14)21-8-4-7-20-15/h9-10H,3-8H2,1-2H3,(H,18,19). The van der Waals surface area contributed by atoms with Crippen molar-refractivity contribution in [3.05, 3.63) is 21.7 Å². The summed E-state index contributed by atoms with van der Waals surface area (Å²) in [5, 5.41) is 8.80. The monoisotopic (exact) mass is 356 g/mol. The van der Waals surface area contributed by atoms with Crippen LogP contribution in [0.2, 0.25) is 0 Å². The second-order valence-electron chi connectivity index (χ2n) is 5.54. The SMILES string of the molecule is CC(C)c1c(CCCC(=O)O)cc(Br)c2c1OCCCO2. The Labute approximate surface area is 133 Å². The molecule has 1 aliphatic rings. The van der Waals surface area contributed by atoms with Crippen molar-refractivity contribution in [1.82, 2.24) is 0 Å². The fourth-order valence-electron chi connectivity index (χ4n) is 2.63. The van der Waals surface area contributed by atoms with E-state index >= 15 is 0 Å². The molecule has 0 atom stereocenters. The van der Waals surface area contributed by atoms with Gasteiger partial charge in [0, 0.05) is 18.4 Å². The first kappa shape index (κ1) is 16.1. The van der Waals surface area contributed by atoms with Crippen LogP contribution < -0.4 is 9.47 Å². The number of rotatable bonds is 5. The van der Waals surface area contributed by atoms with E-state index in [9.17, 15) is 4.79 Å². The molecule has 4 nitrogen and oxygen atoms in total. The molecule has 0 unspecified atom stereocenters. The Morgan fingerprint density at radius 2 is 2.00 bits per heavy atom. The van der Waals surface area contributed by atoms with Crippen LogP contribution in [0.15, 0.2) is 10.5 Å². The van der Waals surface area contributed by atoms with Crippen molar-refractivity contribution in [1.29, 1.82) is 0 Å². The van der Waals surface area contributed by atoms with Gasteiger partial charge in [-0.3, -0.25) is 4.79 Å². The van der Waals surface area contributed by atoms with Crippen LogP contribution in [-0.4, -0.2) is 24.3 Å². The van der Waals surface area contributed by atoms with Crippen molar-refractivity contribution in [3.8, 4) is 11.5 Å². The number of fused-ring (bicyclic) bond motifs is 1. The van der Waals surface area contributed by atoms with Crippen molar-refractivity contribution in [3.63, 3.8) is 0 Å². The number of carboxylic acid groups (broad SMARTS) is 1. The van der Waals surface area contributed by atoms with Crippen LogP contribution >= 0.6 is 15.9 Å². The molecule has 2 rings (SSSR count). The predicted molar refractivity (Wildman–Crippen MR) is 84.4 cm³/mol. The van der Waals surface area contributed by atoms with Gasteiger partial charge in [0.1, 0.15) is 0 Å². The summed E-state index contributed by atoms with van der Waals surface area (Å²) < 4.78 is 12.6. The van der Waals surface area contributed by atoms with Crippen LogP contribution in [0.25, 0.3) is 0 Å². The summed E-state index contributed by atoms with van der Waals surface area (Å²) in [5.41, 5.74) is 2.28. The molecule has 0 spiro atoms. The van der Waals surface area contributed by atoms with Gasteiger partial charge in [-0.05, 0) is 46.3 Å². The molecule has 5 heteroatoms. The van der Waals surface area contributed by atoms with Crippen LogP contribution in [0, 0.1) is 0 Å². The third kappa shape index (κ3) is 3.90. The van der Waals surface area contributed by atoms with Gasteiger partial charge < -0.3 is 14.6 Å². The van der Waals surface area contributed by atoms with Crippen molar-refractivity contribution >= 4 is 21.9 Å². The zero-order valence-electron chi connectivity index (χ0n) is 12.4. The Hall–Kier alpha value is -1.23. The van der Waals surface area contributed by atoms with Crippen molar-refractivity contribution in [2.24, 2.45) is 0 Å². The topological polar surface area (TPSA) is 55.8 Å². The van der Waals surface area contributed by atoms with E-state index < -0.39 is 5.97 Å². The largest absolute Gasteiger partial charge is 0.489 e. The van der Waals surface area contributed by atoms with Gasteiger partial charge in [-0.25, -0.2) is 0 Å². The summed E-state index contributed by atoms with van der Waals surface area (Å²) in [5.74, 6) is 1.14. The highest BCUT2D eigenvalue weighted by molar-refractivity contribution is 9.10. The lowest BCUT2D eigenvalue weighted by atomic mass is 9.92. The molecule has 0 bridgehead atoms. The Bertz CT molecular complexity index is 525. The molecule has 0 aromatic heterocycles. The molecule has 0 aliphatic carbocycles. The number of carboxylic acids is 1. The highest BCUT2D eigenvalue weighted by Crippen LogP contribution is 2.45. The van der Waals surface area contributed by atoms with Crippen LogP contribution in [0.1, 0.15) is 50.2 Å². The van der Waals surface area contributed by atoms with E-state index in [1.165, 1.54) is 0 Å². The Morgan fingerprint density at radius 3 is 2.62 bits per heavy atom. The maximum Gasteiger partial charge on any atom is 0.303 e. The molecule has 0 saturated heterocycles. The lowest BCUT2D eigenvalue weighted by molar-refractivity contribution is -0.137. The molecule has 0 amide bonds.